The van der Waals surface area contributed by atoms with Crippen LogP contribution < -0.4 is 25.5 Å². The number of nitrogens with zero attached hydrogens (tertiary/aromatic N) is 4. The van der Waals surface area contributed by atoms with Crippen LogP contribution in [0.1, 0.15) is 40.4 Å². The molecule has 6 rings (SSSR count). The Hall–Kier alpha value is -4.97. The highest BCUT2D eigenvalue weighted by atomic mass is 19.1. The van der Waals surface area contributed by atoms with Gasteiger partial charge in [0.05, 0.1) is 24.8 Å². The molecule has 11 nitrogen and oxygen atoms in total. The van der Waals surface area contributed by atoms with Crippen molar-refractivity contribution in [3.63, 3.8) is 0 Å². The minimum atomic E-state index is -1.35. The summed E-state index contributed by atoms with van der Waals surface area (Å²) in [6.07, 6.45) is 2.96. The zero-order chi connectivity index (χ0) is 30.8. The average Bonchev–Trinajstić information content (AvgIpc) is 3.80. The van der Waals surface area contributed by atoms with E-state index in [2.05, 4.69) is 10.1 Å². The van der Waals surface area contributed by atoms with Crippen LogP contribution in [0.2, 0.25) is 0 Å². The van der Waals surface area contributed by atoms with Crippen molar-refractivity contribution >= 4 is 28.5 Å². The van der Waals surface area contributed by atoms with E-state index in [4.69, 9.17) is 20.0 Å². The molecule has 2 aromatic heterocycles. The molecular formula is C32H32FN5O6. The van der Waals surface area contributed by atoms with E-state index in [1.807, 2.05) is 48.5 Å². The Kier molecular flexibility index (Phi) is 8.16. The van der Waals surface area contributed by atoms with E-state index >= 15 is 4.39 Å². The number of rotatable bonds is 11. The molecule has 4 aromatic rings. The number of carbonyl (C=O) groups is 1. The predicted octanol–water partition coefficient (Wildman–Crippen LogP) is 4.12. The third-order valence-electron chi connectivity index (χ3n) is 7.84. The summed E-state index contributed by atoms with van der Waals surface area (Å²) in [6, 6.07) is 16.4. The molecule has 0 spiro atoms. The topological polar surface area (TPSA) is 142 Å². The van der Waals surface area contributed by atoms with E-state index in [9.17, 15) is 14.7 Å². The molecule has 12 heteroatoms. The molecule has 228 valence electrons. The highest BCUT2D eigenvalue weighted by molar-refractivity contribution is 5.95. The molecule has 0 bridgehead atoms. The van der Waals surface area contributed by atoms with Crippen LogP contribution in [-0.2, 0) is 18.1 Å². The number of benzene rings is 2. The van der Waals surface area contributed by atoms with Crippen molar-refractivity contribution in [1.82, 2.24) is 9.55 Å². The largest absolute Gasteiger partial charge is 0.493 e. The quantitative estimate of drug-likeness (QED) is 0.243. The summed E-state index contributed by atoms with van der Waals surface area (Å²) in [5, 5.41) is 13.8. The summed E-state index contributed by atoms with van der Waals surface area (Å²) in [6.45, 7) is 1.43. The fourth-order valence-corrected chi connectivity index (χ4v) is 5.32. The Morgan fingerprint density at radius 2 is 1.91 bits per heavy atom. The number of aromatic carboxylic acids is 1. The van der Waals surface area contributed by atoms with Crippen molar-refractivity contribution < 1.29 is 28.6 Å². The number of oxime groups is 1. The summed E-state index contributed by atoms with van der Waals surface area (Å²) in [5.74, 6) is -1.05. The normalized spacial score (nSPS) is 17.3. The number of hydrogen-bond donors (Lipinski definition) is 2. The number of nitrogens with two attached hydrogens (primary N) is 1. The van der Waals surface area contributed by atoms with Gasteiger partial charge in [0.1, 0.15) is 24.4 Å². The number of pyridine rings is 2. The molecule has 1 saturated carbocycles. The lowest BCUT2D eigenvalue weighted by Gasteiger charge is -2.19. The third kappa shape index (κ3) is 5.93. The maximum atomic E-state index is 15.4. The fraction of sp³-hybridized carbons (Fsp3) is 0.312. The van der Waals surface area contributed by atoms with Gasteiger partial charge in [-0.3, -0.25) is 4.79 Å². The second kappa shape index (κ2) is 12.3. The van der Waals surface area contributed by atoms with Gasteiger partial charge in [-0.25, -0.2) is 14.2 Å². The van der Waals surface area contributed by atoms with Crippen molar-refractivity contribution in [2.24, 2.45) is 16.8 Å². The van der Waals surface area contributed by atoms with Gasteiger partial charge in [0.2, 0.25) is 5.43 Å². The summed E-state index contributed by atoms with van der Waals surface area (Å²) >= 11 is 0. The Balaban J connectivity index is 1.18. The average molecular weight is 602 g/mol. The van der Waals surface area contributed by atoms with Gasteiger partial charge in [-0.1, -0.05) is 41.6 Å². The van der Waals surface area contributed by atoms with Crippen molar-refractivity contribution in [2.75, 3.05) is 31.6 Å². The molecule has 0 radical (unpaired) electrons. The van der Waals surface area contributed by atoms with Crippen LogP contribution in [0.4, 0.5) is 10.2 Å². The molecule has 1 unspecified atom stereocenters. The van der Waals surface area contributed by atoms with Crippen molar-refractivity contribution in [3.8, 4) is 11.5 Å². The molecule has 0 amide bonds. The molecular weight excluding hydrogens is 569 g/mol. The number of ether oxygens (including phenoxy) is 2. The van der Waals surface area contributed by atoms with E-state index in [0.29, 0.717) is 30.4 Å². The van der Waals surface area contributed by atoms with Crippen LogP contribution in [-0.4, -0.2) is 53.1 Å². The van der Waals surface area contributed by atoms with E-state index in [0.717, 1.165) is 30.0 Å². The number of carboxylic acids is 1. The number of carboxylic acid groups (broad SMARTS) is 1. The minimum Gasteiger partial charge on any atom is -0.493 e. The molecule has 1 aliphatic heterocycles. The molecule has 3 heterocycles. The van der Waals surface area contributed by atoms with Gasteiger partial charge in [0.15, 0.2) is 23.1 Å². The summed E-state index contributed by atoms with van der Waals surface area (Å²) in [4.78, 5) is 36.4. The first kappa shape index (κ1) is 29.1. The van der Waals surface area contributed by atoms with Crippen LogP contribution in [0.3, 0.4) is 0 Å². The van der Waals surface area contributed by atoms with Crippen LogP contribution in [0.5, 0.6) is 11.5 Å². The highest BCUT2D eigenvalue weighted by Crippen LogP contribution is 2.37. The smallest absolute Gasteiger partial charge is 0.341 e. The minimum absolute atomic E-state index is 0.0195. The molecule has 2 aliphatic rings. The van der Waals surface area contributed by atoms with E-state index in [1.54, 1.807) is 16.6 Å². The zero-order valence-corrected chi connectivity index (χ0v) is 24.1. The van der Waals surface area contributed by atoms with Gasteiger partial charge in [0.25, 0.3) is 0 Å². The maximum Gasteiger partial charge on any atom is 0.341 e. The Labute approximate surface area is 252 Å². The highest BCUT2D eigenvalue weighted by Gasteiger charge is 2.33. The molecule has 3 N–H and O–H groups in total. The summed E-state index contributed by atoms with van der Waals surface area (Å²) in [7, 11) is 1.57. The first-order chi connectivity index (χ1) is 21.4. The first-order valence-corrected chi connectivity index (χ1v) is 14.3. The predicted molar refractivity (Wildman–Crippen MR) is 162 cm³/mol. The van der Waals surface area contributed by atoms with Gasteiger partial charge in [-0.2, -0.15) is 0 Å². The van der Waals surface area contributed by atoms with Crippen LogP contribution >= 0.6 is 0 Å². The molecule has 2 aromatic carbocycles. The number of hydrogen-bond acceptors (Lipinski definition) is 9. The molecule has 1 saturated heterocycles. The van der Waals surface area contributed by atoms with Gasteiger partial charge >= 0.3 is 5.97 Å². The SMILES string of the molecule is COc1cc(CO/N=C2\CN(c3nc4c(cc3F)c(=O)c(C(=O)O)cn4C3CC3)CC2CN)ccc1OCc1ccccc1. The van der Waals surface area contributed by atoms with Crippen molar-refractivity contribution in [1.29, 1.82) is 0 Å². The van der Waals surface area contributed by atoms with E-state index in [1.165, 1.54) is 6.20 Å². The lowest BCUT2D eigenvalue weighted by molar-refractivity contribution is 0.0694. The van der Waals surface area contributed by atoms with Crippen LogP contribution in [0, 0.1) is 11.7 Å². The number of methoxy groups -OCH3 is 1. The second-order valence-electron chi connectivity index (χ2n) is 10.9. The number of aromatic nitrogens is 2. The standard InChI is InChI=1S/C32H32FN5O6/c1-42-28-11-20(7-10-27(28)43-17-19-5-3-2-4-6-19)18-44-36-26-16-37(14-21(26)13-34)31-25(33)12-23-29(39)24(32(40)41)15-38(22-8-9-22)30(23)35-31/h2-7,10-12,15,21-22H,8-9,13-14,16-18,34H2,1H3,(H,40,41)/b36-26+. The molecule has 2 fully saturated rings. The third-order valence-corrected chi connectivity index (χ3v) is 7.84. The Bertz CT molecular complexity index is 1790. The van der Waals surface area contributed by atoms with Gasteiger partial charge in [0, 0.05) is 31.2 Å². The Morgan fingerprint density at radius 3 is 2.61 bits per heavy atom. The van der Waals surface area contributed by atoms with Crippen molar-refractivity contribution in [3.05, 3.63) is 93.5 Å². The van der Waals surface area contributed by atoms with Gasteiger partial charge in [-0.05, 0) is 42.2 Å². The maximum absolute atomic E-state index is 15.4. The summed E-state index contributed by atoms with van der Waals surface area (Å²) in [5.41, 5.74) is 7.63. The lowest BCUT2D eigenvalue weighted by Crippen LogP contribution is -2.26. The fourth-order valence-electron chi connectivity index (χ4n) is 5.32. The van der Waals surface area contributed by atoms with Crippen LogP contribution in [0.25, 0.3) is 11.0 Å². The number of fused-ring (bicyclic) bond motifs is 1. The Morgan fingerprint density at radius 1 is 1.11 bits per heavy atom. The lowest BCUT2D eigenvalue weighted by atomic mass is 10.1. The first-order valence-electron chi connectivity index (χ1n) is 14.3. The van der Waals surface area contributed by atoms with Crippen molar-refractivity contribution in [2.45, 2.75) is 32.1 Å². The molecule has 44 heavy (non-hydrogen) atoms. The summed E-state index contributed by atoms with van der Waals surface area (Å²) < 4.78 is 28.5. The monoisotopic (exact) mass is 601 g/mol. The zero-order valence-electron chi connectivity index (χ0n) is 24.1. The number of anilines is 1. The molecule has 1 atom stereocenters. The number of halogens is 1. The second-order valence-corrected chi connectivity index (χ2v) is 10.9. The van der Waals surface area contributed by atoms with Gasteiger partial charge < -0.3 is 34.6 Å². The van der Waals surface area contributed by atoms with Gasteiger partial charge in [-0.15, -0.1) is 0 Å². The van der Waals surface area contributed by atoms with E-state index < -0.39 is 22.8 Å². The van der Waals surface area contributed by atoms with Crippen LogP contribution in [0.15, 0.2) is 70.7 Å². The van der Waals surface area contributed by atoms with E-state index in [-0.39, 0.29) is 48.5 Å². The molecule has 1 aliphatic carbocycles.